The van der Waals surface area contributed by atoms with E-state index in [1.165, 1.54) is 5.56 Å². The quantitative estimate of drug-likeness (QED) is 0.861. The van der Waals surface area contributed by atoms with Crippen LogP contribution in [-0.2, 0) is 19.5 Å². The highest BCUT2D eigenvalue weighted by Crippen LogP contribution is 2.24. The lowest BCUT2D eigenvalue weighted by Crippen LogP contribution is -2.39. The van der Waals surface area contributed by atoms with Crippen molar-refractivity contribution in [3.05, 3.63) is 51.4 Å². The molecule has 3 heterocycles. The molecule has 0 saturated carbocycles. The molecule has 150 valence electrons. The molecule has 0 unspecified atom stereocenters. The summed E-state index contributed by atoms with van der Waals surface area (Å²) in [5.74, 6) is 2.44. The van der Waals surface area contributed by atoms with Crippen LogP contribution in [0, 0.1) is 5.92 Å². The van der Waals surface area contributed by atoms with Gasteiger partial charge in [0.25, 0.3) is 5.56 Å². The minimum Gasteiger partial charge on any atom is -0.494 e. The normalized spacial score (nSPS) is 18.1. The molecule has 2 aliphatic heterocycles. The third-order valence-electron chi connectivity index (χ3n) is 5.89. The smallest absolute Gasteiger partial charge is 0.255 e. The Morgan fingerprint density at radius 3 is 2.79 bits per heavy atom. The van der Waals surface area contributed by atoms with E-state index in [4.69, 9.17) is 9.72 Å². The number of para-hydroxylation sites is 1. The van der Waals surface area contributed by atoms with Crippen molar-refractivity contribution in [2.45, 2.75) is 46.2 Å². The fourth-order valence-electron chi connectivity index (χ4n) is 4.16. The summed E-state index contributed by atoms with van der Waals surface area (Å²) in [6.45, 7) is 9.26. The maximum atomic E-state index is 12.6. The van der Waals surface area contributed by atoms with Crippen molar-refractivity contribution < 1.29 is 4.74 Å². The number of aromatic nitrogens is 2. The van der Waals surface area contributed by atoms with Crippen molar-refractivity contribution in [3.63, 3.8) is 0 Å². The molecule has 28 heavy (non-hydrogen) atoms. The number of aromatic amines is 1. The van der Waals surface area contributed by atoms with E-state index in [0.717, 1.165) is 74.3 Å². The van der Waals surface area contributed by atoms with Gasteiger partial charge >= 0.3 is 0 Å². The lowest BCUT2D eigenvalue weighted by molar-refractivity contribution is 0.234. The van der Waals surface area contributed by atoms with Crippen molar-refractivity contribution in [2.24, 2.45) is 5.92 Å². The van der Waals surface area contributed by atoms with Crippen molar-refractivity contribution in [1.29, 1.82) is 0 Å². The van der Waals surface area contributed by atoms with Crippen LogP contribution in [-0.4, -0.2) is 41.1 Å². The summed E-state index contributed by atoms with van der Waals surface area (Å²) < 4.78 is 5.77. The summed E-state index contributed by atoms with van der Waals surface area (Å²) >= 11 is 0. The first-order valence-electron chi connectivity index (χ1n) is 10.4. The average Bonchev–Trinajstić information content (AvgIpc) is 2.70. The molecule has 4 rings (SSSR count). The lowest BCUT2D eigenvalue weighted by atomic mass is 9.99. The Bertz CT molecular complexity index is 871. The number of ether oxygens (including phenoxy) is 1. The highest BCUT2D eigenvalue weighted by atomic mass is 16.5. The average molecular weight is 383 g/mol. The van der Waals surface area contributed by atoms with Crippen LogP contribution in [0.3, 0.4) is 0 Å². The van der Waals surface area contributed by atoms with E-state index in [1.807, 2.05) is 25.1 Å². The minimum atomic E-state index is 0.0352. The van der Waals surface area contributed by atoms with E-state index in [-0.39, 0.29) is 5.56 Å². The number of anilines is 1. The second-order valence-electron chi connectivity index (χ2n) is 7.99. The molecule has 2 aromatic rings. The van der Waals surface area contributed by atoms with E-state index >= 15 is 0 Å². The molecule has 2 aliphatic rings. The van der Waals surface area contributed by atoms with Crippen LogP contribution in [0.4, 0.5) is 5.95 Å². The zero-order valence-electron chi connectivity index (χ0n) is 16.9. The molecule has 6 heteroatoms. The fraction of sp³-hybridized carbons (Fsp3) is 0.545. The molecular weight excluding hydrogens is 352 g/mol. The van der Waals surface area contributed by atoms with Gasteiger partial charge in [0.1, 0.15) is 5.75 Å². The maximum Gasteiger partial charge on any atom is 0.255 e. The van der Waals surface area contributed by atoms with Crippen molar-refractivity contribution in [1.82, 2.24) is 14.9 Å². The summed E-state index contributed by atoms with van der Waals surface area (Å²) in [6.07, 6.45) is 3.05. The summed E-state index contributed by atoms with van der Waals surface area (Å²) in [7, 11) is 0. The third kappa shape index (κ3) is 4.07. The zero-order chi connectivity index (χ0) is 19.5. The molecule has 6 nitrogen and oxygen atoms in total. The number of piperidine rings is 1. The van der Waals surface area contributed by atoms with Gasteiger partial charge in [-0.3, -0.25) is 14.7 Å². The maximum absolute atomic E-state index is 12.6. The Hall–Kier alpha value is -2.34. The number of benzene rings is 1. The molecule has 0 aliphatic carbocycles. The molecule has 0 amide bonds. The molecule has 1 aromatic heterocycles. The first kappa shape index (κ1) is 19.0. The Morgan fingerprint density at radius 1 is 1.21 bits per heavy atom. The zero-order valence-corrected chi connectivity index (χ0v) is 16.9. The summed E-state index contributed by atoms with van der Waals surface area (Å²) in [4.78, 5) is 25.1. The van der Waals surface area contributed by atoms with Gasteiger partial charge in [-0.25, -0.2) is 4.98 Å². The largest absolute Gasteiger partial charge is 0.494 e. The molecule has 0 atom stereocenters. The second kappa shape index (κ2) is 8.35. The number of hydrogen-bond donors (Lipinski definition) is 1. The van der Waals surface area contributed by atoms with E-state index in [0.29, 0.717) is 13.2 Å². The third-order valence-corrected chi connectivity index (χ3v) is 5.89. The number of H-pyrrole nitrogens is 1. The first-order valence-corrected chi connectivity index (χ1v) is 10.4. The number of rotatable bonds is 5. The van der Waals surface area contributed by atoms with E-state index in [1.54, 1.807) is 0 Å². The van der Waals surface area contributed by atoms with Gasteiger partial charge in [0.15, 0.2) is 0 Å². The summed E-state index contributed by atoms with van der Waals surface area (Å²) in [5.41, 5.74) is 3.00. The Morgan fingerprint density at radius 2 is 2.00 bits per heavy atom. The van der Waals surface area contributed by atoms with Crippen LogP contribution in [0.25, 0.3) is 0 Å². The standard InChI is InChI=1S/C22H30N4O2/c1-3-28-20-7-5-4-6-17(20)14-25-11-10-18-19(15-25)23-22(24-21(18)27)26-12-8-16(2)9-13-26/h4-7,16H,3,8-15H2,1-2H3,(H,23,24,27). The van der Waals surface area contributed by atoms with Crippen molar-refractivity contribution in [2.75, 3.05) is 31.1 Å². The second-order valence-corrected chi connectivity index (χ2v) is 7.99. The molecule has 0 radical (unpaired) electrons. The molecule has 1 aromatic carbocycles. The molecule has 0 bridgehead atoms. The van der Waals surface area contributed by atoms with Gasteiger partial charge < -0.3 is 9.64 Å². The topological polar surface area (TPSA) is 61.5 Å². The van der Waals surface area contributed by atoms with Crippen LogP contribution in [0.5, 0.6) is 5.75 Å². The van der Waals surface area contributed by atoms with Gasteiger partial charge in [-0.1, -0.05) is 25.1 Å². The van der Waals surface area contributed by atoms with Gasteiger partial charge in [-0.15, -0.1) is 0 Å². The monoisotopic (exact) mass is 382 g/mol. The van der Waals surface area contributed by atoms with Crippen LogP contribution in [0.2, 0.25) is 0 Å². The van der Waals surface area contributed by atoms with E-state index in [2.05, 4.69) is 27.8 Å². The molecular formula is C22H30N4O2. The Labute approximate surface area is 166 Å². The SMILES string of the molecule is CCOc1ccccc1CN1CCc2c(nc(N3CCC(C)CC3)[nH]c2=O)C1. The minimum absolute atomic E-state index is 0.0352. The van der Waals surface area contributed by atoms with Crippen molar-refractivity contribution in [3.8, 4) is 5.75 Å². The highest BCUT2D eigenvalue weighted by Gasteiger charge is 2.24. The number of nitrogens with zero attached hydrogens (tertiary/aromatic N) is 3. The van der Waals surface area contributed by atoms with Gasteiger partial charge in [0.05, 0.1) is 12.3 Å². The van der Waals surface area contributed by atoms with E-state index in [9.17, 15) is 4.79 Å². The van der Waals surface area contributed by atoms with Gasteiger partial charge in [0, 0.05) is 43.9 Å². The van der Waals surface area contributed by atoms with E-state index < -0.39 is 0 Å². The first-order chi connectivity index (χ1) is 13.6. The van der Waals surface area contributed by atoms with Gasteiger partial charge in [0.2, 0.25) is 5.95 Å². The molecule has 1 fully saturated rings. The fourth-order valence-corrected chi connectivity index (χ4v) is 4.16. The van der Waals surface area contributed by atoms with Crippen molar-refractivity contribution >= 4 is 5.95 Å². The van der Waals surface area contributed by atoms with Crippen LogP contribution >= 0.6 is 0 Å². The van der Waals surface area contributed by atoms with Gasteiger partial charge in [-0.2, -0.15) is 0 Å². The van der Waals surface area contributed by atoms with Crippen LogP contribution in [0.1, 0.15) is 43.5 Å². The summed E-state index contributed by atoms with van der Waals surface area (Å²) in [5, 5.41) is 0. The lowest BCUT2D eigenvalue weighted by Gasteiger charge is -2.32. The van der Waals surface area contributed by atoms with Crippen LogP contribution < -0.4 is 15.2 Å². The number of fused-ring (bicyclic) bond motifs is 1. The highest BCUT2D eigenvalue weighted by molar-refractivity contribution is 5.36. The van der Waals surface area contributed by atoms with Gasteiger partial charge in [-0.05, 0) is 38.2 Å². The number of hydrogen-bond acceptors (Lipinski definition) is 5. The predicted octanol–water partition coefficient (Wildman–Crippen LogP) is 2.96. The molecule has 0 spiro atoms. The molecule has 1 N–H and O–H groups in total. The van der Waals surface area contributed by atoms with Crippen LogP contribution in [0.15, 0.2) is 29.1 Å². The molecule has 1 saturated heterocycles. The predicted molar refractivity (Wildman–Crippen MR) is 111 cm³/mol. The Balaban J connectivity index is 1.52. The summed E-state index contributed by atoms with van der Waals surface area (Å²) in [6, 6.07) is 8.20. The number of nitrogens with one attached hydrogen (secondary N) is 1. The Kier molecular flexibility index (Phi) is 5.67.